The number of piperidine rings is 1. The second-order valence-electron chi connectivity index (χ2n) is 4.80. The first-order chi connectivity index (χ1) is 9.83. The molecule has 0 radical (unpaired) electrons. The summed E-state index contributed by atoms with van der Waals surface area (Å²) in [7, 11) is 0. The van der Waals surface area contributed by atoms with Gasteiger partial charge in [-0.25, -0.2) is 4.68 Å². The zero-order valence-corrected chi connectivity index (χ0v) is 11.0. The summed E-state index contributed by atoms with van der Waals surface area (Å²) in [6, 6.07) is 7.49. The second-order valence-corrected chi connectivity index (χ2v) is 4.80. The summed E-state index contributed by atoms with van der Waals surface area (Å²) in [6.07, 6.45) is 3.48. The lowest BCUT2D eigenvalue weighted by Gasteiger charge is -2.23. The van der Waals surface area contributed by atoms with Crippen molar-refractivity contribution in [2.24, 2.45) is 0 Å². The second kappa shape index (κ2) is 5.79. The summed E-state index contributed by atoms with van der Waals surface area (Å²) in [5.41, 5.74) is 1.48. The SMILES string of the molecule is O=C(NC1CCNCC1)c1ccc(-n2cnnn2)cc1. The molecule has 0 aliphatic carbocycles. The van der Waals surface area contributed by atoms with Gasteiger partial charge in [-0.2, -0.15) is 0 Å². The van der Waals surface area contributed by atoms with E-state index in [1.165, 1.54) is 6.33 Å². The molecule has 20 heavy (non-hydrogen) atoms. The molecule has 1 aromatic carbocycles. The number of aromatic nitrogens is 4. The number of hydrogen-bond donors (Lipinski definition) is 2. The Hall–Kier alpha value is -2.28. The molecular weight excluding hydrogens is 256 g/mol. The van der Waals surface area contributed by atoms with Gasteiger partial charge < -0.3 is 10.6 Å². The summed E-state index contributed by atoms with van der Waals surface area (Å²) >= 11 is 0. The number of nitrogens with zero attached hydrogens (tertiary/aromatic N) is 4. The van der Waals surface area contributed by atoms with Crippen LogP contribution in [0.4, 0.5) is 0 Å². The predicted molar refractivity (Wildman–Crippen MR) is 72.5 cm³/mol. The van der Waals surface area contributed by atoms with Crippen LogP contribution in [0.2, 0.25) is 0 Å². The Labute approximate surface area is 116 Å². The van der Waals surface area contributed by atoms with Gasteiger partial charge in [-0.3, -0.25) is 4.79 Å². The molecule has 1 aromatic heterocycles. The minimum atomic E-state index is -0.0276. The fourth-order valence-electron chi connectivity index (χ4n) is 2.28. The summed E-state index contributed by atoms with van der Waals surface area (Å²) < 4.78 is 1.55. The van der Waals surface area contributed by atoms with Crippen molar-refractivity contribution in [3.8, 4) is 5.69 Å². The van der Waals surface area contributed by atoms with E-state index in [1.807, 2.05) is 12.1 Å². The van der Waals surface area contributed by atoms with Crippen molar-refractivity contribution in [3.05, 3.63) is 36.2 Å². The average Bonchev–Trinajstić information content (AvgIpc) is 3.03. The maximum absolute atomic E-state index is 12.1. The lowest BCUT2D eigenvalue weighted by molar-refractivity contribution is 0.0929. The molecular formula is C13H16N6O. The maximum Gasteiger partial charge on any atom is 0.251 e. The topological polar surface area (TPSA) is 84.7 Å². The van der Waals surface area contributed by atoms with Gasteiger partial charge in [0.05, 0.1) is 5.69 Å². The maximum atomic E-state index is 12.1. The third kappa shape index (κ3) is 2.83. The van der Waals surface area contributed by atoms with Crippen LogP contribution in [0.15, 0.2) is 30.6 Å². The Morgan fingerprint density at radius 3 is 2.65 bits per heavy atom. The molecule has 2 aromatic rings. The number of carbonyl (C=O) groups excluding carboxylic acids is 1. The Kier molecular flexibility index (Phi) is 3.69. The molecule has 0 spiro atoms. The van der Waals surface area contributed by atoms with Crippen LogP contribution < -0.4 is 10.6 Å². The van der Waals surface area contributed by atoms with Crippen LogP contribution >= 0.6 is 0 Å². The van der Waals surface area contributed by atoms with E-state index < -0.39 is 0 Å². The molecule has 1 saturated heterocycles. The van der Waals surface area contributed by atoms with Crippen LogP contribution in [0.5, 0.6) is 0 Å². The third-order valence-electron chi connectivity index (χ3n) is 3.42. The first-order valence-corrected chi connectivity index (χ1v) is 6.68. The molecule has 104 valence electrons. The minimum Gasteiger partial charge on any atom is -0.349 e. The lowest BCUT2D eigenvalue weighted by atomic mass is 10.1. The van der Waals surface area contributed by atoms with Crippen molar-refractivity contribution in [2.75, 3.05) is 13.1 Å². The molecule has 1 fully saturated rings. The lowest BCUT2D eigenvalue weighted by Crippen LogP contribution is -2.42. The van der Waals surface area contributed by atoms with Crippen molar-refractivity contribution in [2.45, 2.75) is 18.9 Å². The van der Waals surface area contributed by atoms with Gasteiger partial charge in [-0.05, 0) is 60.6 Å². The van der Waals surface area contributed by atoms with Crippen LogP contribution in [0.1, 0.15) is 23.2 Å². The largest absolute Gasteiger partial charge is 0.349 e. The van der Waals surface area contributed by atoms with E-state index in [2.05, 4.69) is 26.2 Å². The highest BCUT2D eigenvalue weighted by Gasteiger charge is 2.16. The van der Waals surface area contributed by atoms with Crippen molar-refractivity contribution < 1.29 is 4.79 Å². The minimum absolute atomic E-state index is 0.0276. The fraction of sp³-hybridized carbons (Fsp3) is 0.385. The molecule has 2 heterocycles. The summed E-state index contributed by atoms with van der Waals surface area (Å²) in [5.74, 6) is -0.0276. The van der Waals surface area contributed by atoms with Crippen molar-refractivity contribution in [3.63, 3.8) is 0 Å². The van der Waals surface area contributed by atoms with Gasteiger partial charge in [-0.1, -0.05) is 0 Å². The molecule has 7 nitrogen and oxygen atoms in total. The summed E-state index contributed by atoms with van der Waals surface area (Å²) in [4.78, 5) is 12.1. The zero-order valence-electron chi connectivity index (χ0n) is 11.0. The van der Waals surface area contributed by atoms with E-state index in [4.69, 9.17) is 0 Å². The number of carbonyl (C=O) groups is 1. The van der Waals surface area contributed by atoms with Gasteiger partial charge in [0, 0.05) is 11.6 Å². The average molecular weight is 272 g/mol. The van der Waals surface area contributed by atoms with Crippen molar-refractivity contribution >= 4 is 5.91 Å². The Morgan fingerprint density at radius 1 is 1.25 bits per heavy atom. The van der Waals surface area contributed by atoms with E-state index in [0.29, 0.717) is 5.56 Å². The molecule has 0 unspecified atom stereocenters. The quantitative estimate of drug-likeness (QED) is 0.830. The third-order valence-corrected chi connectivity index (χ3v) is 3.42. The Morgan fingerprint density at radius 2 is 2.00 bits per heavy atom. The highest BCUT2D eigenvalue weighted by Crippen LogP contribution is 2.09. The van der Waals surface area contributed by atoms with Crippen molar-refractivity contribution in [1.82, 2.24) is 30.8 Å². The first kappa shape index (κ1) is 12.7. The van der Waals surface area contributed by atoms with Gasteiger partial charge in [0.25, 0.3) is 5.91 Å². The van der Waals surface area contributed by atoms with Crippen molar-refractivity contribution in [1.29, 1.82) is 0 Å². The molecule has 1 aliphatic heterocycles. The number of benzene rings is 1. The zero-order chi connectivity index (χ0) is 13.8. The number of amides is 1. The Balaban J connectivity index is 1.66. The van der Waals surface area contributed by atoms with Crippen LogP contribution in [0, 0.1) is 0 Å². The molecule has 0 saturated carbocycles. The molecule has 2 N–H and O–H groups in total. The number of tetrazole rings is 1. The molecule has 0 atom stereocenters. The molecule has 3 rings (SSSR count). The van der Waals surface area contributed by atoms with Crippen LogP contribution in [0.3, 0.4) is 0 Å². The standard InChI is InChI=1S/C13H16N6O/c20-13(16-11-5-7-14-8-6-11)10-1-3-12(4-2-10)19-9-15-17-18-19/h1-4,9,11,14H,5-8H2,(H,16,20). The van der Waals surface area contributed by atoms with Gasteiger partial charge in [-0.15, -0.1) is 5.10 Å². The molecule has 1 amide bonds. The number of hydrogen-bond acceptors (Lipinski definition) is 5. The summed E-state index contributed by atoms with van der Waals surface area (Å²) in [6.45, 7) is 1.92. The van der Waals surface area contributed by atoms with Crippen LogP contribution in [0.25, 0.3) is 5.69 Å². The highest BCUT2D eigenvalue weighted by atomic mass is 16.1. The fourth-order valence-corrected chi connectivity index (χ4v) is 2.28. The van der Waals surface area contributed by atoms with Gasteiger partial charge >= 0.3 is 0 Å². The monoisotopic (exact) mass is 272 g/mol. The summed E-state index contributed by atoms with van der Waals surface area (Å²) in [5, 5.41) is 17.3. The van der Waals surface area contributed by atoms with E-state index in [-0.39, 0.29) is 11.9 Å². The molecule has 7 heteroatoms. The van der Waals surface area contributed by atoms with Gasteiger partial charge in [0.2, 0.25) is 0 Å². The van der Waals surface area contributed by atoms with E-state index >= 15 is 0 Å². The Bertz CT molecular complexity index is 559. The van der Waals surface area contributed by atoms with E-state index in [9.17, 15) is 4.79 Å². The smallest absolute Gasteiger partial charge is 0.251 e. The predicted octanol–water partition coefficient (Wildman–Crippen LogP) is 0.144. The van der Waals surface area contributed by atoms with Gasteiger partial charge in [0.15, 0.2) is 0 Å². The number of nitrogens with one attached hydrogen (secondary N) is 2. The van der Waals surface area contributed by atoms with Crippen LogP contribution in [-0.4, -0.2) is 45.2 Å². The van der Waals surface area contributed by atoms with E-state index in [1.54, 1.807) is 16.8 Å². The molecule has 0 bridgehead atoms. The van der Waals surface area contributed by atoms with Crippen LogP contribution in [-0.2, 0) is 0 Å². The molecule has 1 aliphatic rings. The van der Waals surface area contributed by atoms with E-state index in [0.717, 1.165) is 31.6 Å². The number of rotatable bonds is 3. The highest BCUT2D eigenvalue weighted by molar-refractivity contribution is 5.94. The normalized spacial score (nSPS) is 16.0. The first-order valence-electron chi connectivity index (χ1n) is 6.68. The van der Waals surface area contributed by atoms with Gasteiger partial charge in [0.1, 0.15) is 6.33 Å².